The number of carbonyl (C=O) groups is 1. The highest BCUT2D eigenvalue weighted by molar-refractivity contribution is 7.89. The summed E-state index contributed by atoms with van der Waals surface area (Å²) in [5.74, 6) is 0.799. The van der Waals surface area contributed by atoms with E-state index in [1.54, 1.807) is 12.1 Å². The minimum atomic E-state index is -3.77. The summed E-state index contributed by atoms with van der Waals surface area (Å²) in [4.78, 5) is 23.0. The molecule has 0 aliphatic carbocycles. The molecule has 0 unspecified atom stereocenters. The molecule has 2 heterocycles. The molecule has 8 nitrogen and oxygen atoms in total. The number of fused-ring (bicyclic) bond motifs is 2. The van der Waals surface area contributed by atoms with E-state index in [0.717, 1.165) is 28.4 Å². The quantitative estimate of drug-likeness (QED) is 0.382. The maximum atomic E-state index is 13.4. The van der Waals surface area contributed by atoms with Crippen molar-refractivity contribution >= 4 is 49.1 Å². The number of hydrogen-bond donors (Lipinski definition) is 2. The Labute approximate surface area is 210 Å². The van der Waals surface area contributed by atoms with Crippen LogP contribution in [0.15, 0.2) is 71.9 Å². The van der Waals surface area contributed by atoms with Crippen molar-refractivity contribution < 1.29 is 13.2 Å². The summed E-state index contributed by atoms with van der Waals surface area (Å²) < 4.78 is 29.8. The van der Waals surface area contributed by atoms with Crippen LogP contribution in [0.1, 0.15) is 32.6 Å². The summed E-state index contributed by atoms with van der Waals surface area (Å²) in [6.07, 6.45) is 4.07. The van der Waals surface area contributed by atoms with Crippen LogP contribution in [0.5, 0.6) is 0 Å². The Hall–Kier alpha value is -3.56. The number of anilines is 2. The highest BCUT2D eigenvalue weighted by atomic mass is 32.2. The van der Waals surface area contributed by atoms with Crippen molar-refractivity contribution in [2.24, 2.45) is 0 Å². The maximum Gasteiger partial charge on any atom is 0.241 e. The molecule has 0 spiro atoms. The van der Waals surface area contributed by atoms with Crippen molar-refractivity contribution in [2.45, 2.75) is 43.5 Å². The fourth-order valence-electron chi connectivity index (χ4n) is 4.75. The molecule has 1 saturated heterocycles. The van der Waals surface area contributed by atoms with Crippen molar-refractivity contribution in [2.75, 3.05) is 18.4 Å². The van der Waals surface area contributed by atoms with E-state index >= 15 is 0 Å². The van der Waals surface area contributed by atoms with Crippen LogP contribution < -0.4 is 10.0 Å². The Balaban J connectivity index is 1.40. The standard InChI is InChI=1S/C27H29N5O3S/c1-2-7-26(33)32-16-14-19(15-17-32)31-36(34,35)25-13-12-24(20-8-3-4-9-21(20)25)30-27-22-10-5-6-11-23(22)28-18-29-27/h3-6,8-13,18-19,31H,2,7,14-17H2,1H3,(H,28,29,30). The SMILES string of the molecule is CCCC(=O)N1CCC(NS(=O)(=O)c2ccc(Nc3ncnc4ccccc34)c3ccccc23)CC1. The lowest BCUT2D eigenvalue weighted by molar-refractivity contribution is -0.132. The van der Waals surface area contributed by atoms with Crippen LogP contribution in [0.25, 0.3) is 21.7 Å². The number of hydrogen-bond acceptors (Lipinski definition) is 6. The smallest absolute Gasteiger partial charge is 0.241 e. The van der Waals surface area contributed by atoms with E-state index in [1.807, 2.05) is 60.4 Å². The van der Waals surface area contributed by atoms with Crippen LogP contribution in [0.2, 0.25) is 0 Å². The molecule has 186 valence electrons. The highest BCUT2D eigenvalue weighted by Crippen LogP contribution is 2.32. The minimum absolute atomic E-state index is 0.143. The third-order valence-corrected chi connectivity index (χ3v) is 8.18. The van der Waals surface area contributed by atoms with Crippen molar-refractivity contribution in [3.63, 3.8) is 0 Å². The lowest BCUT2D eigenvalue weighted by Crippen LogP contribution is -2.46. The zero-order chi connectivity index (χ0) is 25.1. The summed E-state index contributed by atoms with van der Waals surface area (Å²) in [5, 5.41) is 5.66. The van der Waals surface area contributed by atoms with Gasteiger partial charge in [-0.3, -0.25) is 4.79 Å². The fraction of sp³-hybridized carbons (Fsp3) is 0.296. The van der Waals surface area contributed by atoms with Gasteiger partial charge in [0, 0.05) is 47.4 Å². The summed E-state index contributed by atoms with van der Waals surface area (Å²) >= 11 is 0. The maximum absolute atomic E-state index is 13.4. The summed E-state index contributed by atoms with van der Waals surface area (Å²) in [6.45, 7) is 3.13. The first-order valence-corrected chi connectivity index (χ1v) is 13.7. The Kier molecular flexibility index (Phi) is 6.84. The van der Waals surface area contributed by atoms with E-state index in [-0.39, 0.29) is 16.8 Å². The van der Waals surface area contributed by atoms with Gasteiger partial charge in [0.1, 0.15) is 12.1 Å². The molecule has 0 saturated carbocycles. The molecule has 5 rings (SSSR count). The number of nitrogens with one attached hydrogen (secondary N) is 2. The molecule has 3 aromatic carbocycles. The monoisotopic (exact) mass is 503 g/mol. The minimum Gasteiger partial charge on any atom is -0.343 e. The molecule has 9 heteroatoms. The van der Waals surface area contributed by atoms with Gasteiger partial charge in [0.15, 0.2) is 0 Å². The highest BCUT2D eigenvalue weighted by Gasteiger charge is 2.27. The van der Waals surface area contributed by atoms with Crippen LogP contribution in [0.4, 0.5) is 11.5 Å². The zero-order valence-corrected chi connectivity index (χ0v) is 21.0. The second kappa shape index (κ2) is 10.2. The Morgan fingerprint density at radius 1 is 0.944 bits per heavy atom. The molecule has 1 amide bonds. The first kappa shape index (κ1) is 24.1. The predicted molar refractivity (Wildman–Crippen MR) is 142 cm³/mol. The van der Waals surface area contributed by atoms with Crippen LogP contribution in [0, 0.1) is 0 Å². The normalized spacial score (nSPS) is 14.9. The number of sulfonamides is 1. The molecule has 1 aliphatic rings. The summed E-state index contributed by atoms with van der Waals surface area (Å²) in [5.41, 5.74) is 1.58. The number of likely N-dealkylation sites (tertiary alicyclic amines) is 1. The van der Waals surface area contributed by atoms with E-state index < -0.39 is 10.0 Å². The second-order valence-corrected chi connectivity index (χ2v) is 10.7. The topological polar surface area (TPSA) is 104 Å². The number of aromatic nitrogens is 2. The zero-order valence-electron chi connectivity index (χ0n) is 20.1. The lowest BCUT2D eigenvalue weighted by Gasteiger charge is -2.32. The van der Waals surface area contributed by atoms with Gasteiger partial charge < -0.3 is 10.2 Å². The number of rotatable bonds is 7. The molecule has 0 radical (unpaired) electrons. The van der Waals surface area contributed by atoms with Gasteiger partial charge in [-0.25, -0.2) is 23.1 Å². The van der Waals surface area contributed by atoms with Gasteiger partial charge in [0.05, 0.1) is 10.4 Å². The number of piperidine rings is 1. The summed E-state index contributed by atoms with van der Waals surface area (Å²) in [7, 11) is -3.77. The number of para-hydroxylation sites is 1. The number of benzene rings is 3. The van der Waals surface area contributed by atoms with Gasteiger partial charge >= 0.3 is 0 Å². The first-order chi connectivity index (χ1) is 17.5. The van der Waals surface area contributed by atoms with Gasteiger partial charge in [-0.1, -0.05) is 43.3 Å². The van der Waals surface area contributed by atoms with Gasteiger partial charge in [0.25, 0.3) is 0 Å². The van der Waals surface area contributed by atoms with Crippen molar-refractivity contribution in [1.29, 1.82) is 0 Å². The first-order valence-electron chi connectivity index (χ1n) is 12.2. The van der Waals surface area contributed by atoms with E-state index in [0.29, 0.717) is 43.6 Å². The molecule has 1 fully saturated rings. The molecular weight excluding hydrogens is 474 g/mol. The van der Waals surface area contributed by atoms with E-state index in [1.165, 1.54) is 6.33 Å². The Morgan fingerprint density at radius 3 is 2.39 bits per heavy atom. The van der Waals surface area contributed by atoms with E-state index in [9.17, 15) is 13.2 Å². The van der Waals surface area contributed by atoms with E-state index in [4.69, 9.17) is 0 Å². The molecular formula is C27H29N5O3S. The van der Waals surface area contributed by atoms with Crippen LogP contribution >= 0.6 is 0 Å². The van der Waals surface area contributed by atoms with Crippen LogP contribution in [0.3, 0.4) is 0 Å². The third-order valence-electron chi connectivity index (χ3n) is 6.60. The van der Waals surface area contributed by atoms with Crippen molar-refractivity contribution in [3.05, 3.63) is 67.0 Å². The number of nitrogens with zero attached hydrogens (tertiary/aromatic N) is 3. The van der Waals surface area contributed by atoms with Gasteiger partial charge in [-0.15, -0.1) is 0 Å². The molecule has 4 aromatic rings. The number of amides is 1. The third kappa shape index (κ3) is 4.89. The molecule has 0 atom stereocenters. The average Bonchev–Trinajstić information content (AvgIpc) is 2.89. The predicted octanol–water partition coefficient (Wildman–Crippen LogP) is 4.60. The van der Waals surface area contributed by atoms with Crippen molar-refractivity contribution in [1.82, 2.24) is 19.6 Å². The average molecular weight is 504 g/mol. The van der Waals surface area contributed by atoms with E-state index in [2.05, 4.69) is 20.0 Å². The Morgan fingerprint density at radius 2 is 1.64 bits per heavy atom. The van der Waals surface area contributed by atoms with Gasteiger partial charge in [0.2, 0.25) is 15.9 Å². The molecule has 2 N–H and O–H groups in total. The lowest BCUT2D eigenvalue weighted by atomic mass is 10.1. The van der Waals surface area contributed by atoms with Gasteiger partial charge in [-0.2, -0.15) is 0 Å². The molecule has 36 heavy (non-hydrogen) atoms. The second-order valence-electron chi connectivity index (χ2n) is 9.05. The summed E-state index contributed by atoms with van der Waals surface area (Å²) in [6, 6.07) is 18.4. The van der Waals surface area contributed by atoms with Crippen molar-refractivity contribution in [3.8, 4) is 0 Å². The van der Waals surface area contributed by atoms with Crippen LogP contribution in [-0.4, -0.2) is 48.3 Å². The number of carbonyl (C=O) groups excluding carboxylic acids is 1. The Bertz CT molecular complexity index is 1510. The fourth-order valence-corrected chi connectivity index (χ4v) is 6.26. The molecule has 1 aromatic heterocycles. The largest absolute Gasteiger partial charge is 0.343 e. The molecule has 0 bridgehead atoms. The van der Waals surface area contributed by atoms with Crippen LogP contribution in [-0.2, 0) is 14.8 Å². The molecule has 1 aliphatic heterocycles. The van der Waals surface area contributed by atoms with Gasteiger partial charge in [-0.05, 0) is 43.5 Å².